The molecule has 17 heavy (non-hydrogen) atoms. The number of carbonyl (C=O) groups is 1. The molecule has 0 amide bonds. The van der Waals surface area contributed by atoms with Crippen LogP contribution in [0.4, 0.5) is 4.39 Å². The smallest absolute Gasteiger partial charge is 0.306 e. The molecule has 0 radical (unpaired) electrons. The molecule has 1 aromatic rings. The van der Waals surface area contributed by atoms with E-state index < -0.39 is 0 Å². The van der Waals surface area contributed by atoms with Gasteiger partial charge in [0, 0.05) is 11.5 Å². The van der Waals surface area contributed by atoms with Gasteiger partial charge in [-0.05, 0) is 31.5 Å². The monoisotopic (exact) mass is 238 g/mol. The second-order valence-corrected chi connectivity index (χ2v) is 4.03. The van der Waals surface area contributed by atoms with Crippen molar-refractivity contribution in [3.8, 4) is 5.75 Å². The average molecular weight is 238 g/mol. The Morgan fingerprint density at radius 2 is 2.41 bits per heavy atom. The Hall–Kier alpha value is -1.58. The lowest BCUT2D eigenvalue weighted by Crippen LogP contribution is -2.18. The molecule has 0 spiro atoms. The van der Waals surface area contributed by atoms with Crippen molar-refractivity contribution in [2.45, 2.75) is 25.7 Å². The van der Waals surface area contributed by atoms with Crippen LogP contribution in [0.25, 0.3) is 0 Å². The Morgan fingerprint density at radius 3 is 3.18 bits per heavy atom. The summed E-state index contributed by atoms with van der Waals surface area (Å²) in [4.78, 5) is 11.4. The highest BCUT2D eigenvalue weighted by Gasteiger charge is 2.24. The van der Waals surface area contributed by atoms with Crippen LogP contribution in [-0.4, -0.2) is 19.2 Å². The third kappa shape index (κ3) is 2.75. The SMILES string of the molecule is CCOC(=O)CC1CCOc2ccc(F)cc21. The number of esters is 1. The fourth-order valence-electron chi connectivity index (χ4n) is 2.07. The number of hydrogen-bond donors (Lipinski definition) is 0. The summed E-state index contributed by atoms with van der Waals surface area (Å²) in [5, 5.41) is 0. The summed E-state index contributed by atoms with van der Waals surface area (Å²) in [6, 6.07) is 4.42. The molecule has 4 heteroatoms. The molecule has 0 aliphatic carbocycles. The molecule has 1 unspecified atom stereocenters. The van der Waals surface area contributed by atoms with E-state index in [1.54, 1.807) is 13.0 Å². The quantitative estimate of drug-likeness (QED) is 0.759. The maximum Gasteiger partial charge on any atom is 0.306 e. The lowest BCUT2D eigenvalue weighted by atomic mass is 9.90. The van der Waals surface area contributed by atoms with Crippen molar-refractivity contribution in [3.05, 3.63) is 29.6 Å². The van der Waals surface area contributed by atoms with E-state index in [1.807, 2.05) is 0 Å². The average Bonchev–Trinajstić information content (AvgIpc) is 2.30. The van der Waals surface area contributed by atoms with E-state index in [0.717, 1.165) is 12.0 Å². The van der Waals surface area contributed by atoms with Crippen LogP contribution in [0.1, 0.15) is 31.2 Å². The molecular weight excluding hydrogens is 223 g/mol. The van der Waals surface area contributed by atoms with Gasteiger partial charge < -0.3 is 9.47 Å². The van der Waals surface area contributed by atoms with E-state index in [0.29, 0.717) is 19.0 Å². The molecule has 0 fully saturated rings. The van der Waals surface area contributed by atoms with Crippen LogP contribution < -0.4 is 4.74 Å². The molecule has 0 bridgehead atoms. The molecule has 0 aromatic heterocycles. The molecule has 0 saturated carbocycles. The number of benzene rings is 1. The van der Waals surface area contributed by atoms with Crippen LogP contribution in [0, 0.1) is 5.82 Å². The summed E-state index contributed by atoms with van der Waals surface area (Å²) in [5.74, 6) is 0.123. The molecular formula is C13H15FO3. The van der Waals surface area contributed by atoms with Gasteiger partial charge in [-0.3, -0.25) is 4.79 Å². The van der Waals surface area contributed by atoms with E-state index in [2.05, 4.69) is 0 Å². The van der Waals surface area contributed by atoms with Crippen molar-refractivity contribution in [1.82, 2.24) is 0 Å². The normalized spacial score (nSPS) is 18.1. The number of fused-ring (bicyclic) bond motifs is 1. The first-order valence-electron chi connectivity index (χ1n) is 5.78. The molecule has 1 aromatic carbocycles. The maximum atomic E-state index is 13.2. The highest BCUT2D eigenvalue weighted by Crippen LogP contribution is 2.36. The minimum atomic E-state index is -0.303. The first kappa shape index (κ1) is 11.9. The molecule has 2 rings (SSSR count). The van der Waals surface area contributed by atoms with E-state index >= 15 is 0 Å². The predicted molar refractivity (Wildman–Crippen MR) is 60.5 cm³/mol. The van der Waals surface area contributed by atoms with Gasteiger partial charge in [-0.1, -0.05) is 0 Å². The highest BCUT2D eigenvalue weighted by atomic mass is 19.1. The fourth-order valence-corrected chi connectivity index (χ4v) is 2.07. The Balaban J connectivity index is 2.16. The Bertz CT molecular complexity index is 417. The Morgan fingerprint density at radius 1 is 1.59 bits per heavy atom. The van der Waals surface area contributed by atoms with Gasteiger partial charge >= 0.3 is 5.97 Å². The van der Waals surface area contributed by atoms with Crippen LogP contribution in [-0.2, 0) is 9.53 Å². The molecule has 1 aliphatic rings. The van der Waals surface area contributed by atoms with Crippen LogP contribution >= 0.6 is 0 Å². The van der Waals surface area contributed by atoms with Crippen molar-refractivity contribution in [2.24, 2.45) is 0 Å². The number of halogens is 1. The molecule has 0 saturated heterocycles. The molecule has 1 atom stereocenters. The van der Waals surface area contributed by atoms with Crippen LogP contribution in [0.15, 0.2) is 18.2 Å². The molecule has 1 aliphatic heterocycles. The summed E-state index contributed by atoms with van der Waals surface area (Å²) in [6.45, 7) is 2.70. The third-order valence-corrected chi connectivity index (χ3v) is 2.85. The molecule has 0 N–H and O–H groups in total. The van der Waals surface area contributed by atoms with Crippen molar-refractivity contribution in [3.63, 3.8) is 0 Å². The second-order valence-electron chi connectivity index (χ2n) is 4.03. The topological polar surface area (TPSA) is 35.5 Å². The number of ether oxygens (including phenoxy) is 2. The van der Waals surface area contributed by atoms with Gasteiger partial charge in [0.2, 0.25) is 0 Å². The maximum absolute atomic E-state index is 13.2. The third-order valence-electron chi connectivity index (χ3n) is 2.85. The Kier molecular flexibility index (Phi) is 3.61. The van der Waals surface area contributed by atoms with Gasteiger partial charge in [0.15, 0.2) is 0 Å². The standard InChI is InChI=1S/C13H15FO3/c1-2-16-13(15)7-9-5-6-17-12-4-3-10(14)8-11(9)12/h3-4,8-9H,2,5-7H2,1H3. The zero-order valence-electron chi connectivity index (χ0n) is 9.74. The van der Waals surface area contributed by atoms with Crippen molar-refractivity contribution >= 4 is 5.97 Å². The predicted octanol–water partition coefficient (Wildman–Crippen LogP) is 2.65. The van der Waals surface area contributed by atoms with Crippen molar-refractivity contribution < 1.29 is 18.7 Å². The van der Waals surface area contributed by atoms with Gasteiger partial charge in [-0.15, -0.1) is 0 Å². The first-order chi connectivity index (χ1) is 8.20. The second kappa shape index (κ2) is 5.17. The highest BCUT2D eigenvalue weighted by molar-refractivity contribution is 5.70. The summed E-state index contributed by atoms with van der Waals surface area (Å²) >= 11 is 0. The van der Waals surface area contributed by atoms with Crippen LogP contribution in [0.5, 0.6) is 5.75 Å². The minimum absolute atomic E-state index is 0.00602. The van der Waals surface area contributed by atoms with Gasteiger partial charge in [0.1, 0.15) is 11.6 Å². The van der Waals surface area contributed by atoms with Gasteiger partial charge in [-0.25, -0.2) is 4.39 Å². The summed E-state index contributed by atoms with van der Waals surface area (Å²) in [5.41, 5.74) is 0.768. The van der Waals surface area contributed by atoms with Gasteiger partial charge in [-0.2, -0.15) is 0 Å². The summed E-state index contributed by atoms with van der Waals surface area (Å²) in [7, 11) is 0. The molecule has 3 nitrogen and oxygen atoms in total. The van der Waals surface area contributed by atoms with Crippen LogP contribution in [0.2, 0.25) is 0 Å². The molecule has 92 valence electrons. The number of rotatable bonds is 3. The number of hydrogen-bond acceptors (Lipinski definition) is 3. The minimum Gasteiger partial charge on any atom is -0.493 e. The Labute approximate surface area is 99.5 Å². The fraction of sp³-hybridized carbons (Fsp3) is 0.462. The largest absolute Gasteiger partial charge is 0.493 e. The van der Waals surface area contributed by atoms with E-state index in [4.69, 9.17) is 9.47 Å². The van der Waals surface area contributed by atoms with Crippen molar-refractivity contribution in [1.29, 1.82) is 0 Å². The van der Waals surface area contributed by atoms with Gasteiger partial charge in [0.05, 0.1) is 19.6 Å². The lowest BCUT2D eigenvalue weighted by Gasteiger charge is -2.25. The first-order valence-corrected chi connectivity index (χ1v) is 5.78. The zero-order valence-corrected chi connectivity index (χ0v) is 9.74. The molecule has 1 heterocycles. The van der Waals surface area contributed by atoms with Crippen LogP contribution in [0.3, 0.4) is 0 Å². The lowest BCUT2D eigenvalue weighted by molar-refractivity contribution is -0.143. The van der Waals surface area contributed by atoms with E-state index in [9.17, 15) is 9.18 Å². The number of carbonyl (C=O) groups excluding carboxylic acids is 1. The zero-order chi connectivity index (χ0) is 12.3. The summed E-state index contributed by atoms with van der Waals surface area (Å²) in [6.07, 6.45) is 1.00. The van der Waals surface area contributed by atoms with Gasteiger partial charge in [0.25, 0.3) is 0 Å². The summed E-state index contributed by atoms with van der Waals surface area (Å²) < 4.78 is 23.5. The van der Waals surface area contributed by atoms with E-state index in [1.165, 1.54) is 12.1 Å². The van der Waals surface area contributed by atoms with E-state index in [-0.39, 0.29) is 24.1 Å². The van der Waals surface area contributed by atoms with Crippen molar-refractivity contribution in [2.75, 3.05) is 13.2 Å².